The number of carbonyl (C=O) groups is 2. The van der Waals surface area contributed by atoms with Crippen LogP contribution in [0.5, 0.6) is 11.5 Å². The van der Waals surface area contributed by atoms with Crippen LogP contribution in [0.3, 0.4) is 0 Å². The van der Waals surface area contributed by atoms with E-state index in [0.29, 0.717) is 23.3 Å². The van der Waals surface area contributed by atoms with E-state index < -0.39 is 20.2 Å². The smallest absolute Gasteiger partial charge is 0.320 e. The summed E-state index contributed by atoms with van der Waals surface area (Å²) in [6, 6.07) is 5.11. The molecule has 0 saturated carbocycles. The van der Waals surface area contributed by atoms with Crippen molar-refractivity contribution < 1.29 is 23.5 Å². The SMILES string of the molecule is CCOC(=O)C(C=O)c1ccc(OC)c(O[Si](C)(C)C(C)(C)C)c1. The lowest BCUT2D eigenvalue weighted by atomic mass is 10.0. The monoisotopic (exact) mass is 352 g/mol. The summed E-state index contributed by atoms with van der Waals surface area (Å²) in [4.78, 5) is 23.3. The van der Waals surface area contributed by atoms with E-state index >= 15 is 0 Å². The molecule has 5 nitrogen and oxygen atoms in total. The average Bonchev–Trinajstić information content (AvgIpc) is 2.47. The Bertz CT molecular complexity index is 590. The Morgan fingerprint density at radius 3 is 2.33 bits per heavy atom. The number of aldehydes is 1. The maximum absolute atomic E-state index is 12.0. The summed E-state index contributed by atoms with van der Waals surface area (Å²) in [6.07, 6.45) is 0.593. The van der Waals surface area contributed by atoms with Gasteiger partial charge in [0.15, 0.2) is 5.75 Å². The van der Waals surface area contributed by atoms with Gasteiger partial charge in [-0.2, -0.15) is 0 Å². The number of methoxy groups -OCH3 is 1. The molecule has 6 heteroatoms. The summed E-state index contributed by atoms with van der Waals surface area (Å²) in [7, 11) is -0.523. The van der Waals surface area contributed by atoms with Crippen LogP contribution in [-0.4, -0.2) is 34.3 Å². The van der Waals surface area contributed by atoms with Crippen molar-refractivity contribution in [2.75, 3.05) is 13.7 Å². The maximum atomic E-state index is 12.0. The molecule has 1 aromatic rings. The van der Waals surface area contributed by atoms with Crippen LogP contribution in [0.25, 0.3) is 0 Å². The average molecular weight is 353 g/mol. The highest BCUT2D eigenvalue weighted by Crippen LogP contribution is 2.40. The minimum atomic E-state index is -2.09. The minimum absolute atomic E-state index is 0.0131. The summed E-state index contributed by atoms with van der Waals surface area (Å²) in [5, 5.41) is 0.0131. The van der Waals surface area contributed by atoms with Gasteiger partial charge in [0.1, 0.15) is 18.0 Å². The van der Waals surface area contributed by atoms with Gasteiger partial charge in [0.05, 0.1) is 13.7 Å². The zero-order valence-electron chi connectivity index (χ0n) is 15.6. The third-order valence-corrected chi connectivity index (χ3v) is 8.74. The van der Waals surface area contributed by atoms with Crippen molar-refractivity contribution in [2.45, 2.75) is 51.7 Å². The van der Waals surface area contributed by atoms with Crippen LogP contribution in [0.15, 0.2) is 18.2 Å². The molecule has 1 aromatic carbocycles. The number of rotatable bonds is 7. The molecule has 0 bridgehead atoms. The Morgan fingerprint density at radius 2 is 1.88 bits per heavy atom. The first-order valence-electron chi connectivity index (χ1n) is 8.06. The lowest BCUT2D eigenvalue weighted by molar-refractivity contribution is -0.146. The largest absolute Gasteiger partial charge is 0.541 e. The molecule has 0 radical (unpaired) electrons. The van der Waals surface area contributed by atoms with Gasteiger partial charge >= 0.3 is 5.97 Å². The van der Waals surface area contributed by atoms with E-state index in [-0.39, 0.29) is 11.6 Å². The molecule has 0 N–H and O–H groups in total. The second-order valence-electron chi connectivity index (χ2n) is 7.14. The molecule has 0 spiro atoms. The minimum Gasteiger partial charge on any atom is -0.541 e. The molecule has 0 fully saturated rings. The van der Waals surface area contributed by atoms with Crippen LogP contribution in [0.4, 0.5) is 0 Å². The fraction of sp³-hybridized carbons (Fsp3) is 0.556. The van der Waals surface area contributed by atoms with Crippen LogP contribution in [-0.2, 0) is 14.3 Å². The molecule has 0 saturated heterocycles. The first kappa shape index (κ1) is 20.2. The molecule has 0 heterocycles. The number of ether oxygens (including phenoxy) is 2. The van der Waals surface area contributed by atoms with Gasteiger partial charge in [-0.05, 0) is 42.8 Å². The zero-order chi connectivity index (χ0) is 18.5. The van der Waals surface area contributed by atoms with Crippen LogP contribution < -0.4 is 9.16 Å². The molecule has 0 amide bonds. The number of hydrogen-bond donors (Lipinski definition) is 0. The quantitative estimate of drug-likeness (QED) is 0.322. The van der Waals surface area contributed by atoms with E-state index in [1.165, 1.54) is 0 Å². The highest BCUT2D eigenvalue weighted by atomic mass is 28.4. The molecule has 0 aliphatic rings. The molecular weight excluding hydrogens is 324 g/mol. The Balaban J connectivity index is 3.26. The molecule has 1 atom stereocenters. The van der Waals surface area contributed by atoms with Crippen LogP contribution in [0.2, 0.25) is 18.1 Å². The fourth-order valence-electron chi connectivity index (χ4n) is 1.90. The molecule has 24 heavy (non-hydrogen) atoms. The molecule has 0 aliphatic heterocycles. The van der Waals surface area contributed by atoms with Crippen LogP contribution in [0.1, 0.15) is 39.2 Å². The van der Waals surface area contributed by atoms with Crippen molar-refractivity contribution in [3.8, 4) is 11.5 Å². The molecule has 0 aromatic heterocycles. The van der Waals surface area contributed by atoms with Gasteiger partial charge < -0.3 is 18.7 Å². The van der Waals surface area contributed by atoms with Gasteiger partial charge in [0.2, 0.25) is 0 Å². The lowest BCUT2D eigenvalue weighted by Crippen LogP contribution is -2.44. The standard InChI is InChI=1S/C18H28O5Si/c1-8-22-17(20)14(12-19)13-9-10-15(21-5)16(11-13)23-24(6,7)18(2,3)4/h9-12,14H,8H2,1-7H3. The first-order chi connectivity index (χ1) is 11.1. The summed E-state index contributed by atoms with van der Waals surface area (Å²) >= 11 is 0. The first-order valence-corrected chi connectivity index (χ1v) is 11.0. The third-order valence-electron chi connectivity index (χ3n) is 4.39. The highest BCUT2D eigenvalue weighted by Gasteiger charge is 2.39. The van der Waals surface area contributed by atoms with Crippen LogP contribution >= 0.6 is 0 Å². The van der Waals surface area contributed by atoms with Gasteiger partial charge in [-0.3, -0.25) is 4.79 Å². The van der Waals surface area contributed by atoms with E-state index in [4.69, 9.17) is 13.9 Å². The number of carbonyl (C=O) groups excluding carboxylic acids is 2. The van der Waals surface area contributed by atoms with Crippen LogP contribution in [0, 0.1) is 0 Å². The van der Waals surface area contributed by atoms with Crippen molar-refractivity contribution in [3.05, 3.63) is 23.8 Å². The predicted octanol–water partition coefficient (Wildman–Crippen LogP) is 3.92. The van der Waals surface area contributed by atoms with Crippen molar-refractivity contribution in [2.24, 2.45) is 0 Å². The highest BCUT2D eigenvalue weighted by molar-refractivity contribution is 6.74. The van der Waals surface area contributed by atoms with Gasteiger partial charge in [0.25, 0.3) is 8.32 Å². The van der Waals surface area contributed by atoms with Crippen molar-refractivity contribution in [1.29, 1.82) is 0 Å². The summed E-state index contributed by atoms with van der Waals surface area (Å²) in [5.74, 6) is -0.386. The molecule has 1 unspecified atom stereocenters. The van der Waals surface area contributed by atoms with E-state index in [2.05, 4.69) is 33.9 Å². The lowest BCUT2D eigenvalue weighted by Gasteiger charge is -2.37. The Morgan fingerprint density at radius 1 is 1.25 bits per heavy atom. The Labute approximate surface area is 145 Å². The van der Waals surface area contributed by atoms with E-state index in [0.717, 1.165) is 0 Å². The number of hydrogen-bond acceptors (Lipinski definition) is 5. The number of esters is 1. The van der Waals surface area contributed by atoms with E-state index in [1.807, 2.05) is 0 Å². The van der Waals surface area contributed by atoms with E-state index in [9.17, 15) is 9.59 Å². The van der Waals surface area contributed by atoms with Crippen molar-refractivity contribution in [1.82, 2.24) is 0 Å². The maximum Gasteiger partial charge on any atom is 0.320 e. The van der Waals surface area contributed by atoms with Gasteiger partial charge in [0, 0.05) is 0 Å². The second-order valence-corrected chi connectivity index (χ2v) is 11.9. The summed E-state index contributed by atoms with van der Waals surface area (Å²) in [5.41, 5.74) is 0.540. The van der Waals surface area contributed by atoms with Crippen molar-refractivity contribution in [3.63, 3.8) is 0 Å². The van der Waals surface area contributed by atoms with Gasteiger partial charge in [-0.25, -0.2) is 0 Å². The summed E-state index contributed by atoms with van der Waals surface area (Å²) in [6.45, 7) is 12.6. The van der Waals surface area contributed by atoms with E-state index in [1.54, 1.807) is 32.2 Å². The molecular formula is C18H28O5Si. The normalized spacial score (nSPS) is 13.1. The Hall–Kier alpha value is -1.82. The number of benzene rings is 1. The fourth-order valence-corrected chi connectivity index (χ4v) is 2.91. The third kappa shape index (κ3) is 4.60. The second kappa shape index (κ2) is 7.83. The predicted molar refractivity (Wildman–Crippen MR) is 96.3 cm³/mol. The van der Waals surface area contributed by atoms with Gasteiger partial charge in [-0.1, -0.05) is 26.8 Å². The molecule has 134 valence electrons. The topological polar surface area (TPSA) is 61.8 Å². The molecule has 0 aliphatic carbocycles. The van der Waals surface area contributed by atoms with Crippen molar-refractivity contribution >= 4 is 20.6 Å². The zero-order valence-corrected chi connectivity index (χ0v) is 16.6. The van der Waals surface area contributed by atoms with Gasteiger partial charge in [-0.15, -0.1) is 0 Å². The molecule has 1 rings (SSSR count). The Kier molecular flexibility index (Phi) is 6.60. The summed E-state index contributed by atoms with van der Waals surface area (Å²) < 4.78 is 16.6.